The van der Waals surface area contributed by atoms with Gasteiger partial charge >= 0.3 is 0 Å². The van der Waals surface area contributed by atoms with E-state index in [-0.39, 0.29) is 5.56 Å². The van der Waals surface area contributed by atoms with Crippen molar-refractivity contribution >= 4 is 22.7 Å². The summed E-state index contributed by atoms with van der Waals surface area (Å²) in [5.41, 5.74) is 3.46. The van der Waals surface area contributed by atoms with Crippen molar-refractivity contribution in [1.29, 1.82) is 0 Å². The molecule has 0 aliphatic rings. The Labute approximate surface area is 161 Å². The topological polar surface area (TPSA) is 60.9 Å². The Morgan fingerprint density at radius 3 is 2.67 bits per heavy atom. The third-order valence-corrected chi connectivity index (χ3v) is 5.36. The van der Waals surface area contributed by atoms with Crippen LogP contribution in [0.3, 0.4) is 0 Å². The minimum absolute atomic E-state index is 0.0552. The summed E-state index contributed by atoms with van der Waals surface area (Å²) in [6.45, 7) is 3.95. The predicted octanol–water partition coefficient (Wildman–Crippen LogP) is 4.54. The van der Waals surface area contributed by atoms with E-state index in [4.69, 9.17) is 9.51 Å². The lowest BCUT2D eigenvalue weighted by atomic mass is 10.1. The fraction of sp³-hybridized carbons (Fsp3) is 0.190. The Bertz CT molecular complexity index is 1160. The highest BCUT2D eigenvalue weighted by Crippen LogP contribution is 2.26. The molecular weight excluding hydrogens is 358 g/mol. The molecule has 0 N–H and O–H groups in total. The van der Waals surface area contributed by atoms with Crippen molar-refractivity contribution in [1.82, 2.24) is 14.7 Å². The molecule has 27 heavy (non-hydrogen) atoms. The minimum atomic E-state index is -0.0552. The van der Waals surface area contributed by atoms with Crippen molar-refractivity contribution in [3.05, 3.63) is 82.0 Å². The third-order valence-electron chi connectivity index (χ3n) is 4.38. The van der Waals surface area contributed by atoms with Gasteiger partial charge in [0.1, 0.15) is 5.76 Å². The van der Waals surface area contributed by atoms with Crippen LogP contribution in [-0.4, -0.2) is 14.7 Å². The normalized spacial score (nSPS) is 11.2. The van der Waals surface area contributed by atoms with Gasteiger partial charge in [-0.05, 0) is 37.1 Å². The van der Waals surface area contributed by atoms with Crippen LogP contribution in [0.5, 0.6) is 0 Å². The summed E-state index contributed by atoms with van der Waals surface area (Å²) in [5.74, 6) is 1.35. The summed E-state index contributed by atoms with van der Waals surface area (Å²) >= 11 is 1.49. The van der Waals surface area contributed by atoms with Crippen LogP contribution < -0.4 is 5.56 Å². The lowest BCUT2D eigenvalue weighted by Crippen LogP contribution is -2.22. The first-order chi connectivity index (χ1) is 13.2. The number of thioether (sulfide) groups is 1. The van der Waals surface area contributed by atoms with Crippen molar-refractivity contribution in [2.45, 2.75) is 31.2 Å². The number of para-hydroxylation sites is 2. The third kappa shape index (κ3) is 3.40. The number of hydrogen-bond acceptors (Lipinski definition) is 5. The maximum absolute atomic E-state index is 13.3. The second-order valence-electron chi connectivity index (χ2n) is 6.25. The Morgan fingerprint density at radius 2 is 1.89 bits per heavy atom. The Kier molecular flexibility index (Phi) is 4.81. The highest BCUT2D eigenvalue weighted by Gasteiger charge is 2.16. The summed E-state index contributed by atoms with van der Waals surface area (Å²) in [7, 11) is 0. The van der Waals surface area contributed by atoms with E-state index in [0.29, 0.717) is 21.8 Å². The zero-order valence-corrected chi connectivity index (χ0v) is 16.0. The zero-order chi connectivity index (χ0) is 18.8. The van der Waals surface area contributed by atoms with Crippen molar-refractivity contribution in [3.8, 4) is 5.69 Å². The number of aryl methyl sites for hydroxylation is 2. The summed E-state index contributed by atoms with van der Waals surface area (Å²) in [6, 6.07) is 17.3. The molecule has 136 valence electrons. The number of nitrogens with zero attached hydrogens (tertiary/aromatic N) is 3. The molecule has 0 aliphatic heterocycles. The largest absolute Gasteiger partial charge is 0.361 e. The summed E-state index contributed by atoms with van der Waals surface area (Å²) in [4.78, 5) is 18.1. The molecule has 0 saturated carbocycles. The molecule has 0 amide bonds. The average Bonchev–Trinajstić information content (AvgIpc) is 3.12. The van der Waals surface area contributed by atoms with Crippen LogP contribution in [0, 0.1) is 6.92 Å². The van der Waals surface area contributed by atoms with Crippen LogP contribution in [0.25, 0.3) is 16.6 Å². The smallest absolute Gasteiger partial charge is 0.266 e. The van der Waals surface area contributed by atoms with E-state index in [1.54, 1.807) is 4.57 Å². The summed E-state index contributed by atoms with van der Waals surface area (Å²) in [6.07, 6.45) is 0.835. The first-order valence-electron chi connectivity index (χ1n) is 8.82. The molecule has 0 fully saturated rings. The molecule has 6 heteroatoms. The minimum Gasteiger partial charge on any atom is -0.361 e. The second-order valence-corrected chi connectivity index (χ2v) is 7.19. The molecule has 0 unspecified atom stereocenters. The molecule has 4 rings (SSSR count). The Hall–Kier alpha value is -2.86. The van der Waals surface area contributed by atoms with E-state index in [1.165, 1.54) is 11.8 Å². The van der Waals surface area contributed by atoms with Gasteiger partial charge in [-0.15, -0.1) is 0 Å². The molecule has 2 aromatic heterocycles. The van der Waals surface area contributed by atoms with Crippen LogP contribution in [0.4, 0.5) is 0 Å². The van der Waals surface area contributed by atoms with Gasteiger partial charge in [0, 0.05) is 11.8 Å². The van der Waals surface area contributed by atoms with Crippen LogP contribution in [0.1, 0.15) is 23.9 Å². The van der Waals surface area contributed by atoms with Gasteiger partial charge in [0.05, 0.1) is 22.3 Å². The number of fused-ring (bicyclic) bond motifs is 1. The number of hydrogen-bond donors (Lipinski definition) is 0. The maximum atomic E-state index is 13.3. The van der Waals surface area contributed by atoms with Crippen molar-refractivity contribution in [2.24, 2.45) is 0 Å². The van der Waals surface area contributed by atoms with E-state index in [0.717, 1.165) is 29.1 Å². The van der Waals surface area contributed by atoms with Crippen molar-refractivity contribution in [3.63, 3.8) is 0 Å². The van der Waals surface area contributed by atoms with Crippen LogP contribution in [0.15, 0.2) is 69.1 Å². The van der Waals surface area contributed by atoms with Crippen LogP contribution >= 0.6 is 11.8 Å². The highest BCUT2D eigenvalue weighted by atomic mass is 32.2. The number of aromatic nitrogens is 3. The fourth-order valence-electron chi connectivity index (χ4n) is 3.07. The van der Waals surface area contributed by atoms with Crippen molar-refractivity contribution < 1.29 is 4.52 Å². The fourth-order valence-corrected chi connectivity index (χ4v) is 3.96. The summed E-state index contributed by atoms with van der Waals surface area (Å²) in [5, 5.41) is 5.31. The quantitative estimate of drug-likeness (QED) is 0.377. The van der Waals surface area contributed by atoms with Gasteiger partial charge in [-0.3, -0.25) is 9.36 Å². The molecule has 2 aromatic carbocycles. The molecule has 0 aliphatic carbocycles. The van der Waals surface area contributed by atoms with Gasteiger partial charge in [0.2, 0.25) is 0 Å². The molecule has 0 radical (unpaired) electrons. The number of benzene rings is 2. The Balaban J connectivity index is 1.89. The molecule has 0 atom stereocenters. The molecule has 0 saturated heterocycles. The SMILES string of the molecule is CCc1ccccc1-n1c(SCc2cc(C)on2)nc2ccccc2c1=O. The van der Waals surface area contributed by atoms with E-state index >= 15 is 0 Å². The zero-order valence-electron chi connectivity index (χ0n) is 15.2. The predicted molar refractivity (Wildman–Crippen MR) is 108 cm³/mol. The highest BCUT2D eigenvalue weighted by molar-refractivity contribution is 7.98. The molecule has 0 bridgehead atoms. The van der Waals surface area contributed by atoms with Gasteiger partial charge in [-0.2, -0.15) is 0 Å². The average molecular weight is 377 g/mol. The molecule has 5 nitrogen and oxygen atoms in total. The van der Waals surface area contributed by atoms with E-state index < -0.39 is 0 Å². The maximum Gasteiger partial charge on any atom is 0.266 e. The second kappa shape index (κ2) is 7.40. The van der Waals surface area contributed by atoms with E-state index in [9.17, 15) is 4.79 Å². The van der Waals surface area contributed by atoms with Gasteiger partial charge in [0.25, 0.3) is 5.56 Å². The molecule has 2 heterocycles. The van der Waals surface area contributed by atoms with Crippen LogP contribution in [0.2, 0.25) is 0 Å². The van der Waals surface area contributed by atoms with Crippen LogP contribution in [-0.2, 0) is 12.2 Å². The van der Waals surface area contributed by atoms with Crippen molar-refractivity contribution in [2.75, 3.05) is 0 Å². The monoisotopic (exact) mass is 377 g/mol. The molecular formula is C21H19N3O2S. The van der Waals surface area contributed by atoms with E-state index in [1.807, 2.05) is 61.5 Å². The van der Waals surface area contributed by atoms with Gasteiger partial charge in [-0.1, -0.05) is 54.2 Å². The Morgan fingerprint density at radius 1 is 1.11 bits per heavy atom. The lowest BCUT2D eigenvalue weighted by molar-refractivity contribution is 0.393. The number of rotatable bonds is 5. The van der Waals surface area contributed by atoms with E-state index in [2.05, 4.69) is 12.1 Å². The first kappa shape index (κ1) is 17.5. The standard InChI is InChI=1S/C21H19N3O2S/c1-3-15-8-4-7-11-19(15)24-20(25)17-9-5-6-10-18(17)22-21(24)27-13-16-12-14(2)26-23-16/h4-12H,3,13H2,1-2H3. The first-order valence-corrected chi connectivity index (χ1v) is 9.81. The lowest BCUT2D eigenvalue weighted by Gasteiger charge is -2.15. The van der Waals surface area contributed by atoms with Gasteiger partial charge < -0.3 is 4.52 Å². The molecule has 4 aromatic rings. The molecule has 0 spiro atoms. The van der Waals surface area contributed by atoms with Gasteiger partial charge in [-0.25, -0.2) is 4.98 Å². The van der Waals surface area contributed by atoms with Gasteiger partial charge in [0.15, 0.2) is 5.16 Å². The summed E-state index contributed by atoms with van der Waals surface area (Å²) < 4.78 is 6.87.